The summed E-state index contributed by atoms with van der Waals surface area (Å²) in [6.45, 7) is 3.62. The van der Waals surface area contributed by atoms with Gasteiger partial charge in [-0.3, -0.25) is 0 Å². The molecule has 0 N–H and O–H groups in total. The second-order valence-electron chi connectivity index (χ2n) is 2.31. The lowest BCUT2D eigenvalue weighted by molar-refractivity contribution is 0.636. The average molecular weight is 183 g/mol. The van der Waals surface area contributed by atoms with E-state index >= 15 is 0 Å². The van der Waals surface area contributed by atoms with Crippen molar-refractivity contribution >= 4 is 16.9 Å². The van der Waals surface area contributed by atoms with E-state index in [-0.39, 0.29) is 0 Å². The third-order valence-electron chi connectivity index (χ3n) is 1.08. The molecule has 0 aromatic carbocycles. The largest absolute Gasteiger partial charge is 0.357 e. The van der Waals surface area contributed by atoms with Crippen LogP contribution in [0.15, 0.2) is 17.6 Å². The van der Waals surface area contributed by atoms with Gasteiger partial charge in [0.05, 0.1) is 0 Å². The number of allylic oxidation sites excluding steroid dienone is 1. The Labute approximate surface area is 77.8 Å². The van der Waals surface area contributed by atoms with E-state index in [4.69, 9.17) is 5.26 Å². The molecule has 0 bridgehead atoms. The standard InChI is InChI=1S/C8H13N3S/c1-4-5-6-12-8(10-7-9)11(2)3/h4H,1,5-6H2,2-3H3. The zero-order valence-electron chi connectivity index (χ0n) is 7.45. The van der Waals surface area contributed by atoms with Crippen LogP contribution in [0.5, 0.6) is 0 Å². The van der Waals surface area contributed by atoms with Crippen LogP contribution in [0.25, 0.3) is 0 Å². The number of hydrogen-bond donors (Lipinski definition) is 0. The molecule has 4 heteroatoms. The fourth-order valence-electron chi connectivity index (χ4n) is 0.538. The van der Waals surface area contributed by atoms with Crippen molar-refractivity contribution < 1.29 is 0 Å². The highest BCUT2D eigenvalue weighted by molar-refractivity contribution is 8.13. The molecule has 3 nitrogen and oxygen atoms in total. The minimum Gasteiger partial charge on any atom is -0.357 e. The lowest BCUT2D eigenvalue weighted by atomic mass is 10.5. The summed E-state index contributed by atoms with van der Waals surface area (Å²) in [5.41, 5.74) is 0. The van der Waals surface area contributed by atoms with Gasteiger partial charge in [-0.05, 0) is 6.42 Å². The molecule has 0 saturated carbocycles. The van der Waals surface area contributed by atoms with Gasteiger partial charge in [-0.15, -0.1) is 11.6 Å². The summed E-state index contributed by atoms with van der Waals surface area (Å²) < 4.78 is 0. The molecular formula is C8H13N3S. The maximum absolute atomic E-state index is 8.34. The second-order valence-corrected chi connectivity index (χ2v) is 3.38. The lowest BCUT2D eigenvalue weighted by Gasteiger charge is -2.12. The van der Waals surface area contributed by atoms with Crippen molar-refractivity contribution in [1.82, 2.24) is 4.90 Å². The minimum atomic E-state index is 0.749. The lowest BCUT2D eigenvalue weighted by Crippen LogP contribution is -2.18. The van der Waals surface area contributed by atoms with Crippen LogP contribution in [-0.2, 0) is 0 Å². The van der Waals surface area contributed by atoms with Gasteiger partial charge in [-0.2, -0.15) is 5.26 Å². The molecule has 0 spiro atoms. The van der Waals surface area contributed by atoms with E-state index in [0.717, 1.165) is 17.3 Å². The van der Waals surface area contributed by atoms with Crippen LogP contribution >= 0.6 is 11.8 Å². The first kappa shape index (κ1) is 11.1. The fourth-order valence-corrected chi connectivity index (χ4v) is 1.37. The molecule has 0 aliphatic carbocycles. The van der Waals surface area contributed by atoms with E-state index < -0.39 is 0 Å². The van der Waals surface area contributed by atoms with Crippen LogP contribution in [-0.4, -0.2) is 29.9 Å². The number of rotatable bonds is 3. The van der Waals surface area contributed by atoms with Gasteiger partial charge in [0.1, 0.15) is 0 Å². The normalized spacial score (nSPS) is 10.6. The Bertz CT molecular complexity index is 203. The van der Waals surface area contributed by atoms with Crippen molar-refractivity contribution in [3.05, 3.63) is 12.7 Å². The van der Waals surface area contributed by atoms with Crippen LogP contribution in [0.4, 0.5) is 0 Å². The first-order valence-corrected chi connectivity index (χ1v) is 4.58. The van der Waals surface area contributed by atoms with Crippen molar-refractivity contribution in [2.75, 3.05) is 19.8 Å². The Kier molecular flexibility index (Phi) is 6.21. The van der Waals surface area contributed by atoms with E-state index in [2.05, 4.69) is 11.6 Å². The van der Waals surface area contributed by atoms with Gasteiger partial charge in [0, 0.05) is 19.8 Å². The Morgan fingerprint density at radius 1 is 1.75 bits per heavy atom. The molecule has 0 rings (SSSR count). The smallest absolute Gasteiger partial charge is 0.208 e. The van der Waals surface area contributed by atoms with E-state index in [0.29, 0.717) is 0 Å². The van der Waals surface area contributed by atoms with Gasteiger partial charge in [-0.25, -0.2) is 0 Å². The molecule has 66 valence electrons. The van der Waals surface area contributed by atoms with Crippen LogP contribution in [0.3, 0.4) is 0 Å². The SMILES string of the molecule is C=CCCSC(=NC#N)N(C)C. The zero-order valence-corrected chi connectivity index (χ0v) is 8.27. The Balaban J connectivity index is 3.90. The first-order valence-electron chi connectivity index (χ1n) is 3.60. The predicted octanol–water partition coefficient (Wildman–Crippen LogP) is 1.69. The Hall–Kier alpha value is -0.950. The van der Waals surface area contributed by atoms with E-state index in [1.54, 1.807) is 18.0 Å². The van der Waals surface area contributed by atoms with E-state index in [9.17, 15) is 0 Å². The summed E-state index contributed by atoms with van der Waals surface area (Å²) in [5.74, 6) is 0.919. The topological polar surface area (TPSA) is 39.4 Å². The van der Waals surface area contributed by atoms with Gasteiger partial charge in [-0.1, -0.05) is 17.8 Å². The highest BCUT2D eigenvalue weighted by Gasteiger charge is 2.00. The summed E-state index contributed by atoms with van der Waals surface area (Å²) in [4.78, 5) is 5.50. The molecule has 0 amide bonds. The third-order valence-corrected chi connectivity index (χ3v) is 2.24. The van der Waals surface area contributed by atoms with Crippen LogP contribution in [0.1, 0.15) is 6.42 Å². The quantitative estimate of drug-likeness (QED) is 0.220. The van der Waals surface area contributed by atoms with E-state index in [1.807, 2.05) is 25.1 Å². The zero-order chi connectivity index (χ0) is 9.40. The monoisotopic (exact) mass is 183 g/mol. The molecule has 12 heavy (non-hydrogen) atoms. The highest BCUT2D eigenvalue weighted by Crippen LogP contribution is 2.07. The number of aliphatic imine (C=N–C) groups is 1. The molecule has 0 heterocycles. The average Bonchev–Trinajstić information content (AvgIpc) is 2.03. The molecule has 0 radical (unpaired) electrons. The summed E-state index contributed by atoms with van der Waals surface area (Å²) in [6.07, 6.45) is 4.56. The number of nitrogens with zero attached hydrogens (tertiary/aromatic N) is 3. The maximum atomic E-state index is 8.34. The van der Waals surface area contributed by atoms with Crippen molar-refractivity contribution in [1.29, 1.82) is 5.26 Å². The summed E-state index contributed by atoms with van der Waals surface area (Å²) in [7, 11) is 3.74. The van der Waals surface area contributed by atoms with Crippen molar-refractivity contribution in [2.24, 2.45) is 4.99 Å². The molecule has 0 saturated heterocycles. The van der Waals surface area contributed by atoms with Gasteiger partial charge < -0.3 is 4.90 Å². The van der Waals surface area contributed by atoms with Gasteiger partial charge >= 0.3 is 0 Å². The van der Waals surface area contributed by atoms with E-state index in [1.165, 1.54) is 0 Å². The summed E-state index contributed by atoms with van der Waals surface area (Å²) in [6, 6.07) is 0. The first-order chi connectivity index (χ1) is 5.72. The molecular weight excluding hydrogens is 170 g/mol. The molecule has 0 unspecified atom stereocenters. The number of nitriles is 1. The number of thioether (sulfide) groups is 1. The second kappa shape index (κ2) is 6.74. The Morgan fingerprint density at radius 3 is 2.83 bits per heavy atom. The van der Waals surface area contributed by atoms with Crippen LogP contribution in [0, 0.1) is 11.5 Å². The van der Waals surface area contributed by atoms with Crippen molar-refractivity contribution in [3.8, 4) is 6.19 Å². The molecule has 0 aromatic rings. The molecule has 0 aromatic heterocycles. The fraction of sp³-hybridized carbons (Fsp3) is 0.500. The predicted molar refractivity (Wildman–Crippen MR) is 54.0 cm³/mol. The van der Waals surface area contributed by atoms with Crippen LogP contribution < -0.4 is 0 Å². The maximum Gasteiger partial charge on any atom is 0.208 e. The highest BCUT2D eigenvalue weighted by atomic mass is 32.2. The molecule has 0 fully saturated rings. The van der Waals surface area contributed by atoms with Crippen LogP contribution in [0.2, 0.25) is 0 Å². The van der Waals surface area contributed by atoms with Crippen molar-refractivity contribution in [3.63, 3.8) is 0 Å². The molecule has 0 aliphatic rings. The number of hydrogen-bond acceptors (Lipinski definition) is 3. The third kappa shape index (κ3) is 4.80. The Morgan fingerprint density at radius 2 is 2.42 bits per heavy atom. The van der Waals surface area contributed by atoms with Gasteiger partial charge in [0.25, 0.3) is 0 Å². The molecule has 0 atom stereocenters. The molecule has 0 aliphatic heterocycles. The number of amidine groups is 1. The van der Waals surface area contributed by atoms with Crippen molar-refractivity contribution in [2.45, 2.75) is 6.42 Å². The summed E-state index contributed by atoms with van der Waals surface area (Å²) >= 11 is 1.56. The van der Waals surface area contributed by atoms with Gasteiger partial charge in [0.2, 0.25) is 6.19 Å². The minimum absolute atomic E-state index is 0.749. The van der Waals surface area contributed by atoms with Gasteiger partial charge in [0.15, 0.2) is 5.17 Å². The summed E-state index contributed by atoms with van der Waals surface area (Å²) in [5, 5.41) is 9.09.